The Balaban J connectivity index is 0.000000453. The minimum atomic E-state index is 0. The Hall–Kier alpha value is -1.98. The van der Waals surface area contributed by atoms with Crippen molar-refractivity contribution in [3.05, 3.63) is 105 Å². The SMILES string of the molecule is COc1ccc(CCN2CCn3nc([C]4[CH][CH][CH][CH]4)cc3C2=O)cc1OC.[CH]1[CH][CH][CH][CH]1.[Fe+2]. The topological polar surface area (TPSA) is 56.6 Å². The molecule has 0 saturated heterocycles. The van der Waals surface area contributed by atoms with Gasteiger partial charge in [0.2, 0.25) is 0 Å². The number of amides is 1. The molecular weight excluding hydrogens is 458 g/mol. The molecule has 1 aromatic carbocycles. The standard InChI is InChI=1S/C21H22N3O3.C5H5.Fe/c1-26-19-8-7-15(13-20(19)27-2)9-10-23-11-12-24-18(21(23)25)14-17(22-24)16-5-3-4-6-16;1-2-4-5-3-1;/h3-8,13-14H,9-12H2,1-2H3;1-5H;/q;;+2. The van der Waals surface area contributed by atoms with E-state index in [4.69, 9.17) is 9.47 Å². The average Bonchev–Trinajstić information content (AvgIpc) is 3.61. The third kappa shape index (κ3) is 6.33. The molecule has 0 unspecified atom stereocenters. The van der Waals surface area contributed by atoms with Crippen molar-refractivity contribution < 1.29 is 31.3 Å². The number of hydrogen-bond donors (Lipinski definition) is 0. The number of fused-ring (bicyclic) bond motifs is 1. The molecule has 2 saturated carbocycles. The quantitative estimate of drug-likeness (QED) is 0.589. The number of carbonyl (C=O) groups excluding carboxylic acids is 1. The molecule has 2 aromatic rings. The molecule has 6 nitrogen and oxygen atoms in total. The summed E-state index contributed by atoms with van der Waals surface area (Å²) in [4.78, 5) is 14.8. The van der Waals surface area contributed by atoms with Gasteiger partial charge in [0.1, 0.15) is 5.69 Å². The zero-order chi connectivity index (χ0) is 22.3. The van der Waals surface area contributed by atoms with Crippen LogP contribution in [0.25, 0.3) is 0 Å². The fourth-order valence-electron chi connectivity index (χ4n) is 3.76. The summed E-state index contributed by atoms with van der Waals surface area (Å²) in [5.74, 6) is 2.49. The molecule has 0 atom stereocenters. The van der Waals surface area contributed by atoms with E-state index in [9.17, 15) is 4.79 Å². The molecule has 3 aliphatic rings. The Labute approximate surface area is 208 Å². The molecule has 170 valence electrons. The van der Waals surface area contributed by atoms with Crippen LogP contribution in [0.15, 0.2) is 24.3 Å². The number of ether oxygens (including phenoxy) is 2. The van der Waals surface area contributed by atoms with Gasteiger partial charge in [0.25, 0.3) is 5.91 Å². The Morgan fingerprint density at radius 1 is 0.879 bits per heavy atom. The molecule has 2 aliphatic carbocycles. The Morgan fingerprint density at radius 3 is 2.18 bits per heavy atom. The van der Waals surface area contributed by atoms with Crippen LogP contribution in [-0.4, -0.2) is 47.9 Å². The van der Waals surface area contributed by atoms with Crippen molar-refractivity contribution in [2.45, 2.75) is 13.0 Å². The molecule has 2 heterocycles. The fourth-order valence-corrected chi connectivity index (χ4v) is 3.76. The normalized spacial score (nSPS) is 17.8. The Bertz CT molecular complexity index is 897. The van der Waals surface area contributed by atoms with Gasteiger partial charge in [-0.25, -0.2) is 0 Å². The van der Waals surface area contributed by atoms with Gasteiger partial charge < -0.3 is 14.4 Å². The summed E-state index contributed by atoms with van der Waals surface area (Å²) < 4.78 is 12.4. The first-order valence-electron chi connectivity index (χ1n) is 10.7. The third-order valence-electron chi connectivity index (χ3n) is 5.50. The number of benzene rings is 1. The molecule has 1 amide bonds. The average molecular weight is 485 g/mol. The van der Waals surface area contributed by atoms with Gasteiger partial charge >= 0.3 is 17.1 Å². The van der Waals surface area contributed by atoms with E-state index in [2.05, 4.69) is 5.10 Å². The van der Waals surface area contributed by atoms with E-state index in [1.807, 2.05) is 91.6 Å². The summed E-state index contributed by atoms with van der Waals surface area (Å²) >= 11 is 0. The molecule has 33 heavy (non-hydrogen) atoms. The maximum Gasteiger partial charge on any atom is 2.00 e. The molecule has 10 radical (unpaired) electrons. The van der Waals surface area contributed by atoms with E-state index in [1.165, 1.54) is 0 Å². The van der Waals surface area contributed by atoms with Crippen LogP contribution in [0.1, 0.15) is 21.7 Å². The van der Waals surface area contributed by atoms with Gasteiger partial charge in [-0.1, -0.05) is 6.07 Å². The maximum absolute atomic E-state index is 12.9. The Morgan fingerprint density at radius 2 is 1.55 bits per heavy atom. The minimum Gasteiger partial charge on any atom is -0.493 e. The summed E-state index contributed by atoms with van der Waals surface area (Å²) in [5, 5.41) is 4.58. The maximum atomic E-state index is 12.9. The van der Waals surface area contributed by atoms with Crippen LogP contribution in [0.2, 0.25) is 0 Å². The number of hydrogen-bond acceptors (Lipinski definition) is 4. The zero-order valence-corrected chi connectivity index (χ0v) is 19.9. The van der Waals surface area contributed by atoms with Crippen LogP contribution in [0.4, 0.5) is 0 Å². The second-order valence-electron chi connectivity index (χ2n) is 7.51. The summed E-state index contributed by atoms with van der Waals surface area (Å²) in [7, 11) is 3.25. The van der Waals surface area contributed by atoms with Crippen molar-refractivity contribution in [2.24, 2.45) is 0 Å². The molecule has 0 N–H and O–H groups in total. The molecule has 0 bridgehead atoms. The van der Waals surface area contributed by atoms with Crippen molar-refractivity contribution >= 4 is 5.91 Å². The van der Waals surface area contributed by atoms with Gasteiger partial charge in [-0.3, -0.25) is 9.48 Å². The predicted octanol–water partition coefficient (Wildman–Crippen LogP) is 3.37. The van der Waals surface area contributed by atoms with Crippen LogP contribution in [0.3, 0.4) is 0 Å². The number of carbonyl (C=O) groups is 1. The van der Waals surface area contributed by atoms with E-state index in [0.717, 1.165) is 23.6 Å². The van der Waals surface area contributed by atoms with Crippen molar-refractivity contribution in [1.82, 2.24) is 14.7 Å². The summed E-state index contributed by atoms with van der Waals surface area (Å²) in [6.07, 6.45) is 18.7. The molecule has 1 aromatic heterocycles. The fraction of sp³-hybridized carbons (Fsp3) is 0.231. The molecule has 0 spiro atoms. The van der Waals surface area contributed by atoms with Crippen molar-refractivity contribution in [3.8, 4) is 11.5 Å². The van der Waals surface area contributed by atoms with Crippen LogP contribution >= 0.6 is 0 Å². The van der Waals surface area contributed by atoms with Crippen molar-refractivity contribution in [3.63, 3.8) is 0 Å². The second kappa shape index (κ2) is 12.5. The molecule has 2 fully saturated rings. The number of methoxy groups -OCH3 is 2. The molecular formula is C26H27FeN3O3+2. The number of rotatable bonds is 6. The van der Waals surface area contributed by atoms with E-state index in [1.54, 1.807) is 14.2 Å². The smallest absolute Gasteiger partial charge is 0.493 e. The van der Waals surface area contributed by atoms with Crippen LogP contribution in [-0.2, 0) is 30.0 Å². The predicted molar refractivity (Wildman–Crippen MR) is 122 cm³/mol. The monoisotopic (exact) mass is 485 g/mol. The first-order chi connectivity index (χ1) is 15.7. The van der Waals surface area contributed by atoms with Gasteiger partial charge in [-0.2, -0.15) is 5.10 Å². The first kappa shape index (κ1) is 25.6. The van der Waals surface area contributed by atoms with Gasteiger partial charge in [0.05, 0.1) is 26.5 Å². The van der Waals surface area contributed by atoms with E-state index in [-0.39, 0.29) is 23.0 Å². The van der Waals surface area contributed by atoms with Crippen LogP contribution in [0, 0.1) is 63.7 Å². The number of nitrogens with zero attached hydrogens (tertiary/aromatic N) is 3. The summed E-state index contributed by atoms with van der Waals surface area (Å²) in [5.41, 5.74) is 2.62. The van der Waals surface area contributed by atoms with Gasteiger partial charge in [-0.05, 0) is 88.0 Å². The summed E-state index contributed by atoms with van der Waals surface area (Å²) in [6, 6.07) is 7.76. The third-order valence-corrected chi connectivity index (χ3v) is 5.50. The van der Waals surface area contributed by atoms with Crippen molar-refractivity contribution in [1.29, 1.82) is 0 Å². The second-order valence-corrected chi connectivity index (χ2v) is 7.51. The van der Waals surface area contributed by atoms with E-state index < -0.39 is 0 Å². The molecule has 1 aliphatic heterocycles. The zero-order valence-electron chi connectivity index (χ0n) is 18.8. The molecule has 7 heteroatoms. The summed E-state index contributed by atoms with van der Waals surface area (Å²) in [6.45, 7) is 2.04. The van der Waals surface area contributed by atoms with E-state index >= 15 is 0 Å². The van der Waals surface area contributed by atoms with Crippen molar-refractivity contribution in [2.75, 3.05) is 27.3 Å². The first-order valence-corrected chi connectivity index (χ1v) is 10.7. The van der Waals surface area contributed by atoms with E-state index in [0.29, 0.717) is 36.8 Å². The molecule has 5 rings (SSSR count). The Kier molecular flexibility index (Phi) is 9.69. The number of aromatic nitrogens is 2. The van der Waals surface area contributed by atoms with Crippen LogP contribution in [0.5, 0.6) is 11.5 Å². The van der Waals surface area contributed by atoms with Gasteiger partial charge in [0.15, 0.2) is 11.5 Å². The van der Waals surface area contributed by atoms with Gasteiger partial charge in [-0.15, -0.1) is 0 Å². The largest absolute Gasteiger partial charge is 2.00 e. The van der Waals surface area contributed by atoms with Gasteiger partial charge in [0, 0.05) is 19.0 Å². The minimum absolute atomic E-state index is 0. The van der Waals surface area contributed by atoms with Crippen LogP contribution < -0.4 is 9.47 Å².